The van der Waals surface area contributed by atoms with Crippen LogP contribution in [-0.2, 0) is 11.3 Å². The fourth-order valence-corrected chi connectivity index (χ4v) is 2.68. The Labute approximate surface area is 175 Å². The minimum absolute atomic E-state index is 0.151. The summed E-state index contributed by atoms with van der Waals surface area (Å²) in [4.78, 5) is 37.7. The second kappa shape index (κ2) is 10.7. The third-order valence-corrected chi connectivity index (χ3v) is 4.20. The van der Waals surface area contributed by atoms with Crippen LogP contribution in [0.5, 0.6) is 0 Å². The lowest BCUT2D eigenvalue weighted by Gasteiger charge is -2.21. The number of furan rings is 1. The van der Waals surface area contributed by atoms with E-state index in [1.54, 1.807) is 42.6 Å². The highest BCUT2D eigenvalue weighted by Crippen LogP contribution is 2.12. The minimum Gasteiger partial charge on any atom is -0.467 e. The standard InChI is InChI=1S/C21H25N5O4/c1-14(2)11-18(20(28)26(3)13-22)25-19(27)15-6-8-16(9-7-15)24-21(29)23-12-17-5-4-10-30-17/h4-10,14,18H,11-12H2,1-3H3,(H,25,27)(H2,23,24,29). The van der Waals surface area contributed by atoms with Crippen molar-refractivity contribution in [1.82, 2.24) is 15.5 Å². The van der Waals surface area contributed by atoms with Crippen molar-refractivity contribution in [2.45, 2.75) is 32.9 Å². The van der Waals surface area contributed by atoms with E-state index in [-0.39, 0.29) is 12.5 Å². The van der Waals surface area contributed by atoms with Gasteiger partial charge in [0.05, 0.1) is 12.8 Å². The van der Waals surface area contributed by atoms with Gasteiger partial charge in [-0.2, -0.15) is 5.26 Å². The first-order chi connectivity index (χ1) is 14.3. The van der Waals surface area contributed by atoms with Gasteiger partial charge < -0.3 is 20.4 Å². The summed E-state index contributed by atoms with van der Waals surface area (Å²) in [7, 11) is 1.36. The largest absolute Gasteiger partial charge is 0.467 e. The predicted octanol–water partition coefficient (Wildman–Crippen LogP) is 2.69. The number of nitrogens with one attached hydrogen (secondary N) is 3. The molecule has 3 N–H and O–H groups in total. The van der Waals surface area contributed by atoms with Crippen molar-refractivity contribution < 1.29 is 18.8 Å². The molecule has 0 fully saturated rings. The summed E-state index contributed by atoms with van der Waals surface area (Å²) in [6.07, 6.45) is 3.69. The zero-order chi connectivity index (χ0) is 22.1. The van der Waals surface area contributed by atoms with E-state index in [1.807, 2.05) is 13.8 Å². The van der Waals surface area contributed by atoms with Crippen molar-refractivity contribution >= 4 is 23.5 Å². The normalized spacial score (nSPS) is 11.3. The van der Waals surface area contributed by atoms with Crippen LogP contribution in [0, 0.1) is 17.4 Å². The Morgan fingerprint density at radius 2 is 1.87 bits per heavy atom. The molecule has 0 saturated carbocycles. The first-order valence-electron chi connectivity index (χ1n) is 9.45. The van der Waals surface area contributed by atoms with Crippen LogP contribution in [0.15, 0.2) is 47.1 Å². The predicted molar refractivity (Wildman–Crippen MR) is 110 cm³/mol. The van der Waals surface area contributed by atoms with Gasteiger partial charge in [0.1, 0.15) is 11.8 Å². The summed E-state index contributed by atoms with van der Waals surface area (Å²) >= 11 is 0. The molecule has 9 nitrogen and oxygen atoms in total. The second-order valence-electron chi connectivity index (χ2n) is 7.12. The maximum Gasteiger partial charge on any atom is 0.319 e. The molecule has 0 saturated heterocycles. The van der Waals surface area contributed by atoms with Gasteiger partial charge in [0, 0.05) is 18.3 Å². The van der Waals surface area contributed by atoms with Gasteiger partial charge in [-0.25, -0.2) is 4.79 Å². The monoisotopic (exact) mass is 411 g/mol. The average Bonchev–Trinajstić information content (AvgIpc) is 3.24. The Balaban J connectivity index is 1.94. The number of likely N-dealkylation sites (N-methyl/N-ethyl adjacent to an activating group) is 1. The number of carbonyl (C=O) groups excluding carboxylic acids is 3. The van der Waals surface area contributed by atoms with Crippen LogP contribution < -0.4 is 16.0 Å². The maximum atomic E-state index is 12.5. The summed E-state index contributed by atoms with van der Waals surface area (Å²) in [6.45, 7) is 4.11. The first-order valence-corrected chi connectivity index (χ1v) is 9.45. The average molecular weight is 411 g/mol. The molecular weight excluding hydrogens is 386 g/mol. The van der Waals surface area contributed by atoms with E-state index in [9.17, 15) is 14.4 Å². The number of carbonyl (C=O) groups is 3. The van der Waals surface area contributed by atoms with Crippen molar-refractivity contribution in [2.24, 2.45) is 5.92 Å². The van der Waals surface area contributed by atoms with Gasteiger partial charge in [-0.1, -0.05) is 13.8 Å². The molecule has 2 rings (SSSR count). The molecule has 30 heavy (non-hydrogen) atoms. The Morgan fingerprint density at radius 3 is 2.43 bits per heavy atom. The van der Waals surface area contributed by atoms with E-state index in [0.717, 1.165) is 4.90 Å². The number of nitrogens with zero attached hydrogens (tertiary/aromatic N) is 2. The molecule has 1 atom stereocenters. The van der Waals surface area contributed by atoms with Crippen LogP contribution in [0.4, 0.5) is 10.5 Å². The van der Waals surface area contributed by atoms with E-state index >= 15 is 0 Å². The number of anilines is 1. The summed E-state index contributed by atoms with van der Waals surface area (Å²) in [5.74, 6) is -0.123. The van der Waals surface area contributed by atoms with Crippen LogP contribution in [-0.4, -0.2) is 35.8 Å². The summed E-state index contributed by atoms with van der Waals surface area (Å²) in [5.41, 5.74) is 0.834. The molecule has 1 aromatic heterocycles. The molecule has 0 spiro atoms. The van der Waals surface area contributed by atoms with Crippen LogP contribution in [0.1, 0.15) is 36.4 Å². The van der Waals surface area contributed by atoms with E-state index < -0.39 is 23.9 Å². The lowest BCUT2D eigenvalue weighted by Crippen LogP contribution is -2.46. The van der Waals surface area contributed by atoms with Crippen molar-refractivity contribution in [2.75, 3.05) is 12.4 Å². The third kappa shape index (κ3) is 6.67. The van der Waals surface area contributed by atoms with Gasteiger partial charge in [-0.15, -0.1) is 0 Å². The van der Waals surface area contributed by atoms with Crippen molar-refractivity contribution in [3.05, 3.63) is 54.0 Å². The molecule has 4 amide bonds. The Morgan fingerprint density at radius 1 is 1.17 bits per heavy atom. The van der Waals surface area contributed by atoms with Gasteiger partial charge in [-0.3, -0.25) is 14.5 Å². The van der Waals surface area contributed by atoms with Gasteiger partial charge in [0.25, 0.3) is 11.8 Å². The van der Waals surface area contributed by atoms with Crippen LogP contribution in [0.3, 0.4) is 0 Å². The smallest absolute Gasteiger partial charge is 0.319 e. The SMILES string of the molecule is CC(C)CC(NC(=O)c1ccc(NC(=O)NCc2ccco2)cc1)C(=O)N(C)C#N. The van der Waals surface area contributed by atoms with Crippen molar-refractivity contribution in [3.8, 4) is 6.19 Å². The van der Waals surface area contributed by atoms with Crippen LogP contribution in [0.25, 0.3) is 0 Å². The number of hydrogen-bond acceptors (Lipinski definition) is 5. The second-order valence-corrected chi connectivity index (χ2v) is 7.12. The topological polar surface area (TPSA) is 127 Å². The Bertz CT molecular complexity index is 900. The lowest BCUT2D eigenvalue weighted by atomic mass is 10.0. The first kappa shape index (κ1) is 22.5. The molecule has 1 aromatic carbocycles. The van der Waals surface area contributed by atoms with E-state index in [2.05, 4.69) is 16.0 Å². The van der Waals surface area contributed by atoms with E-state index in [4.69, 9.17) is 9.68 Å². The molecule has 2 aromatic rings. The molecule has 0 aliphatic rings. The van der Waals surface area contributed by atoms with E-state index in [1.165, 1.54) is 13.3 Å². The number of rotatable bonds is 8. The number of benzene rings is 1. The highest BCUT2D eigenvalue weighted by molar-refractivity contribution is 5.98. The Hall–Kier alpha value is -3.80. The summed E-state index contributed by atoms with van der Waals surface area (Å²) in [6, 6.07) is 8.53. The summed E-state index contributed by atoms with van der Waals surface area (Å²) in [5, 5.41) is 16.9. The highest BCUT2D eigenvalue weighted by Gasteiger charge is 2.25. The van der Waals surface area contributed by atoms with Gasteiger partial charge >= 0.3 is 6.03 Å². The van der Waals surface area contributed by atoms with Gasteiger partial charge in [-0.05, 0) is 48.7 Å². The van der Waals surface area contributed by atoms with Crippen LogP contribution >= 0.6 is 0 Å². The molecular formula is C21H25N5O4. The number of amides is 4. The van der Waals surface area contributed by atoms with Crippen molar-refractivity contribution in [1.29, 1.82) is 5.26 Å². The molecule has 1 unspecified atom stereocenters. The minimum atomic E-state index is -0.799. The van der Waals surface area contributed by atoms with E-state index in [0.29, 0.717) is 23.4 Å². The zero-order valence-corrected chi connectivity index (χ0v) is 17.1. The maximum absolute atomic E-state index is 12.5. The molecule has 158 valence electrons. The molecule has 9 heteroatoms. The quantitative estimate of drug-likeness (QED) is 0.455. The third-order valence-electron chi connectivity index (χ3n) is 4.20. The highest BCUT2D eigenvalue weighted by atomic mass is 16.3. The molecule has 0 bridgehead atoms. The van der Waals surface area contributed by atoms with Gasteiger partial charge in [0.2, 0.25) is 0 Å². The molecule has 0 radical (unpaired) electrons. The molecule has 0 aliphatic heterocycles. The molecule has 0 aliphatic carbocycles. The van der Waals surface area contributed by atoms with Crippen molar-refractivity contribution in [3.63, 3.8) is 0 Å². The number of hydrogen-bond donors (Lipinski definition) is 3. The zero-order valence-electron chi connectivity index (χ0n) is 17.1. The lowest BCUT2D eigenvalue weighted by molar-refractivity contribution is -0.129. The number of nitriles is 1. The van der Waals surface area contributed by atoms with Crippen LogP contribution in [0.2, 0.25) is 0 Å². The molecule has 1 heterocycles. The fourth-order valence-electron chi connectivity index (χ4n) is 2.68. The summed E-state index contributed by atoms with van der Waals surface area (Å²) < 4.78 is 5.14. The Kier molecular flexibility index (Phi) is 7.99. The fraction of sp³-hybridized carbons (Fsp3) is 0.333. The van der Waals surface area contributed by atoms with Gasteiger partial charge in [0.15, 0.2) is 6.19 Å². The number of urea groups is 1.